The lowest BCUT2D eigenvalue weighted by Gasteiger charge is -2.03. The molecule has 0 aromatic rings. The van der Waals surface area contributed by atoms with Crippen LogP contribution >= 0.6 is 0 Å². The monoisotopic (exact) mass is 176 g/mol. The highest BCUT2D eigenvalue weighted by Gasteiger charge is 2.29. The first-order chi connectivity index (χ1) is 5.02. The molecule has 3 nitrogen and oxygen atoms in total. The molecule has 1 saturated carbocycles. The average molecular weight is 176 g/mol. The topological polar surface area (TPSA) is 51.2 Å². The molecule has 0 aromatic carbocycles. The molecule has 0 amide bonds. The fourth-order valence-corrected chi connectivity index (χ4v) is 2.31. The van der Waals surface area contributed by atoms with Gasteiger partial charge in [-0.3, -0.25) is 4.79 Å². The molecule has 0 aromatic heterocycles. The standard InChI is InChI=1S/C7H12O3S/c1-11(9,10)7(8)6-4-2-3-5-6/h6H,2-5H2,1H3. The molecule has 4 heteroatoms. The van der Waals surface area contributed by atoms with Gasteiger partial charge in [-0.1, -0.05) is 12.8 Å². The van der Waals surface area contributed by atoms with Crippen molar-refractivity contribution in [3.05, 3.63) is 0 Å². The van der Waals surface area contributed by atoms with Crippen molar-refractivity contribution in [3.8, 4) is 0 Å². The van der Waals surface area contributed by atoms with Crippen LogP contribution in [0.3, 0.4) is 0 Å². The van der Waals surface area contributed by atoms with E-state index in [1.807, 2.05) is 0 Å². The summed E-state index contributed by atoms with van der Waals surface area (Å²) < 4.78 is 21.5. The fraction of sp³-hybridized carbons (Fsp3) is 0.857. The van der Waals surface area contributed by atoms with Crippen LogP contribution in [0, 0.1) is 5.92 Å². The van der Waals surface area contributed by atoms with Gasteiger partial charge >= 0.3 is 0 Å². The quantitative estimate of drug-likeness (QED) is 0.592. The molecule has 1 aliphatic carbocycles. The third kappa shape index (κ3) is 2.02. The summed E-state index contributed by atoms with van der Waals surface area (Å²) in [5.74, 6) is -0.204. The van der Waals surface area contributed by atoms with E-state index in [1.165, 1.54) is 0 Å². The number of hydrogen-bond donors (Lipinski definition) is 0. The minimum absolute atomic E-state index is 0.204. The van der Waals surface area contributed by atoms with Crippen LogP contribution in [0.15, 0.2) is 0 Å². The zero-order chi connectivity index (χ0) is 8.48. The number of sulfone groups is 1. The highest BCUT2D eigenvalue weighted by Crippen LogP contribution is 2.26. The van der Waals surface area contributed by atoms with Crippen molar-refractivity contribution in [3.63, 3.8) is 0 Å². The maximum Gasteiger partial charge on any atom is 0.249 e. The van der Waals surface area contributed by atoms with Crippen LogP contribution in [0.5, 0.6) is 0 Å². The van der Waals surface area contributed by atoms with E-state index in [4.69, 9.17) is 0 Å². The molecule has 0 bridgehead atoms. The molecule has 1 rings (SSSR count). The minimum Gasteiger partial charge on any atom is -0.281 e. The van der Waals surface area contributed by atoms with Crippen molar-refractivity contribution >= 4 is 15.0 Å². The van der Waals surface area contributed by atoms with Crippen molar-refractivity contribution in [2.75, 3.05) is 6.26 Å². The lowest BCUT2D eigenvalue weighted by molar-refractivity contribution is -0.114. The van der Waals surface area contributed by atoms with E-state index in [0.29, 0.717) is 0 Å². The molecule has 0 radical (unpaired) electrons. The number of rotatable bonds is 1. The van der Waals surface area contributed by atoms with Gasteiger partial charge in [0.1, 0.15) is 0 Å². The number of carbonyl (C=O) groups excluding carboxylic acids is 1. The molecule has 1 aliphatic rings. The summed E-state index contributed by atoms with van der Waals surface area (Å²) >= 11 is 0. The lowest BCUT2D eigenvalue weighted by Crippen LogP contribution is -2.20. The molecule has 0 atom stereocenters. The second-order valence-corrected chi connectivity index (χ2v) is 5.02. The molecular weight excluding hydrogens is 164 g/mol. The maximum absolute atomic E-state index is 11.1. The Labute approximate surface area is 66.7 Å². The van der Waals surface area contributed by atoms with E-state index in [1.54, 1.807) is 0 Å². The zero-order valence-corrected chi connectivity index (χ0v) is 7.36. The Bertz CT molecular complexity index is 247. The second kappa shape index (κ2) is 2.93. The third-order valence-corrected chi connectivity index (χ3v) is 3.12. The lowest BCUT2D eigenvalue weighted by atomic mass is 10.1. The first-order valence-corrected chi connectivity index (χ1v) is 5.65. The van der Waals surface area contributed by atoms with Gasteiger partial charge in [-0.05, 0) is 12.8 Å². The van der Waals surface area contributed by atoms with Crippen LogP contribution in [-0.4, -0.2) is 19.8 Å². The maximum atomic E-state index is 11.1. The van der Waals surface area contributed by atoms with Gasteiger partial charge in [0, 0.05) is 12.2 Å². The summed E-state index contributed by atoms with van der Waals surface area (Å²) in [7, 11) is -3.43. The Balaban J connectivity index is 2.69. The van der Waals surface area contributed by atoms with E-state index >= 15 is 0 Å². The van der Waals surface area contributed by atoms with E-state index in [0.717, 1.165) is 31.9 Å². The van der Waals surface area contributed by atoms with Gasteiger partial charge in [-0.25, -0.2) is 8.42 Å². The smallest absolute Gasteiger partial charge is 0.249 e. The third-order valence-electron chi connectivity index (χ3n) is 2.05. The van der Waals surface area contributed by atoms with Crippen LogP contribution in [0.4, 0.5) is 0 Å². The van der Waals surface area contributed by atoms with E-state index in [2.05, 4.69) is 0 Å². The Hall–Kier alpha value is -0.380. The SMILES string of the molecule is CS(=O)(=O)C(=O)C1CCCC1. The van der Waals surface area contributed by atoms with Crippen molar-refractivity contribution in [1.29, 1.82) is 0 Å². The highest BCUT2D eigenvalue weighted by atomic mass is 32.2. The number of carbonyl (C=O) groups is 1. The van der Waals surface area contributed by atoms with E-state index < -0.39 is 15.0 Å². The Kier molecular flexibility index (Phi) is 2.32. The van der Waals surface area contributed by atoms with Crippen LogP contribution in [0.1, 0.15) is 25.7 Å². The summed E-state index contributed by atoms with van der Waals surface area (Å²) in [5.41, 5.74) is 0. The first-order valence-electron chi connectivity index (χ1n) is 3.76. The average Bonchev–Trinajstić information content (AvgIpc) is 2.34. The molecule has 1 fully saturated rings. The summed E-state index contributed by atoms with van der Waals surface area (Å²) in [6.07, 6.45) is 4.49. The van der Waals surface area contributed by atoms with Crippen molar-refractivity contribution in [1.82, 2.24) is 0 Å². The summed E-state index contributed by atoms with van der Waals surface area (Å²) in [5, 5.41) is -0.560. The summed E-state index contributed by atoms with van der Waals surface area (Å²) in [4.78, 5) is 11.1. The van der Waals surface area contributed by atoms with Gasteiger partial charge in [0.2, 0.25) is 15.0 Å². The van der Waals surface area contributed by atoms with Crippen molar-refractivity contribution < 1.29 is 13.2 Å². The van der Waals surface area contributed by atoms with Crippen molar-refractivity contribution in [2.24, 2.45) is 5.92 Å². The van der Waals surface area contributed by atoms with E-state index in [-0.39, 0.29) is 5.92 Å². The molecule has 11 heavy (non-hydrogen) atoms. The van der Waals surface area contributed by atoms with Gasteiger partial charge < -0.3 is 0 Å². The predicted octanol–water partition coefficient (Wildman–Crippen LogP) is 0.748. The van der Waals surface area contributed by atoms with Gasteiger partial charge in [0.25, 0.3) is 0 Å². The van der Waals surface area contributed by atoms with E-state index in [9.17, 15) is 13.2 Å². The molecule has 0 unspecified atom stereocenters. The second-order valence-electron chi connectivity index (χ2n) is 3.07. The Morgan fingerprint density at radius 3 is 2.09 bits per heavy atom. The summed E-state index contributed by atoms with van der Waals surface area (Å²) in [6, 6.07) is 0. The summed E-state index contributed by atoms with van der Waals surface area (Å²) in [6.45, 7) is 0. The van der Waals surface area contributed by atoms with Gasteiger partial charge in [0.05, 0.1) is 0 Å². The molecule has 64 valence electrons. The molecule has 0 aliphatic heterocycles. The molecule has 0 N–H and O–H groups in total. The molecule has 0 saturated heterocycles. The highest BCUT2D eigenvalue weighted by molar-refractivity contribution is 8.05. The van der Waals surface area contributed by atoms with Crippen molar-refractivity contribution in [2.45, 2.75) is 25.7 Å². The van der Waals surface area contributed by atoms with Gasteiger partial charge in [-0.15, -0.1) is 0 Å². The Morgan fingerprint density at radius 1 is 1.27 bits per heavy atom. The fourth-order valence-electron chi connectivity index (χ4n) is 1.46. The normalized spacial score (nSPS) is 20.5. The van der Waals surface area contributed by atoms with Crippen LogP contribution in [0.25, 0.3) is 0 Å². The number of hydrogen-bond acceptors (Lipinski definition) is 3. The van der Waals surface area contributed by atoms with Gasteiger partial charge in [-0.2, -0.15) is 0 Å². The molecule has 0 heterocycles. The molecule has 0 spiro atoms. The Morgan fingerprint density at radius 2 is 1.73 bits per heavy atom. The molecular formula is C7H12O3S. The first kappa shape index (κ1) is 8.71. The zero-order valence-electron chi connectivity index (χ0n) is 6.54. The predicted molar refractivity (Wildman–Crippen MR) is 41.8 cm³/mol. The van der Waals surface area contributed by atoms with Gasteiger partial charge in [0.15, 0.2) is 0 Å². The van der Waals surface area contributed by atoms with Crippen LogP contribution in [0.2, 0.25) is 0 Å². The largest absolute Gasteiger partial charge is 0.281 e. The van der Waals surface area contributed by atoms with Crippen LogP contribution in [-0.2, 0) is 14.6 Å². The van der Waals surface area contributed by atoms with Crippen LogP contribution < -0.4 is 0 Å². The minimum atomic E-state index is -3.43.